The van der Waals surface area contributed by atoms with Gasteiger partial charge >= 0.3 is 0 Å². The number of hydrogen-bond donors (Lipinski definition) is 1. The fourth-order valence-corrected chi connectivity index (χ4v) is 5.57. The first-order valence-corrected chi connectivity index (χ1v) is 11.0. The van der Waals surface area contributed by atoms with Crippen molar-refractivity contribution < 1.29 is 0 Å². The molecular weight excluding hydrogens is 366 g/mol. The molecule has 30 heavy (non-hydrogen) atoms. The van der Waals surface area contributed by atoms with Gasteiger partial charge in [0.2, 0.25) is 0 Å². The Hall–Kier alpha value is -2.88. The summed E-state index contributed by atoms with van der Waals surface area (Å²) in [5, 5.41) is 1.41. The fourth-order valence-electron chi connectivity index (χ4n) is 5.57. The average molecular weight is 394 g/mol. The summed E-state index contributed by atoms with van der Waals surface area (Å²) in [5.74, 6) is 0.454. The standard InChI is InChI=1S/C27H27N3/c1-3-9-20(10-4-1)17-29-18-24(21-11-5-2-6-12-21)27-26-23(15-16-30(27)19-29)22-13-7-8-14-25(22)28-26/h1-14,24,27-28H,15-19H2/t24-,27-/m0/s1. The third-order valence-electron chi connectivity index (χ3n) is 6.88. The normalized spacial score (nSPS) is 22.0. The molecule has 1 aromatic heterocycles. The van der Waals surface area contributed by atoms with Crippen LogP contribution in [-0.2, 0) is 13.0 Å². The van der Waals surface area contributed by atoms with Gasteiger partial charge in [-0.05, 0) is 29.2 Å². The fraction of sp³-hybridized carbons (Fsp3) is 0.259. The maximum atomic E-state index is 3.82. The van der Waals surface area contributed by atoms with Gasteiger partial charge in [0.15, 0.2) is 0 Å². The van der Waals surface area contributed by atoms with Crippen LogP contribution < -0.4 is 0 Å². The summed E-state index contributed by atoms with van der Waals surface area (Å²) in [7, 11) is 0. The summed E-state index contributed by atoms with van der Waals surface area (Å²) in [6.07, 6.45) is 1.12. The van der Waals surface area contributed by atoms with Crippen LogP contribution in [0.5, 0.6) is 0 Å². The first-order chi connectivity index (χ1) is 14.9. The number of aromatic nitrogens is 1. The lowest BCUT2D eigenvalue weighted by molar-refractivity contribution is 0.00952. The van der Waals surface area contributed by atoms with Crippen LogP contribution in [-0.4, -0.2) is 34.5 Å². The second kappa shape index (κ2) is 7.42. The van der Waals surface area contributed by atoms with Gasteiger partial charge in [0.25, 0.3) is 0 Å². The van der Waals surface area contributed by atoms with Gasteiger partial charge in [0.1, 0.15) is 0 Å². The van der Waals surface area contributed by atoms with Crippen molar-refractivity contribution in [3.8, 4) is 0 Å². The van der Waals surface area contributed by atoms with Crippen molar-refractivity contribution in [3.05, 3.63) is 107 Å². The van der Waals surface area contributed by atoms with E-state index in [1.54, 1.807) is 0 Å². The molecule has 0 bridgehead atoms. The van der Waals surface area contributed by atoms with Crippen LogP contribution in [0.25, 0.3) is 10.9 Å². The Morgan fingerprint density at radius 3 is 2.40 bits per heavy atom. The molecule has 1 N–H and O–H groups in total. The van der Waals surface area contributed by atoms with Crippen molar-refractivity contribution in [1.29, 1.82) is 0 Å². The summed E-state index contributed by atoms with van der Waals surface area (Å²) in [6, 6.07) is 31.2. The minimum atomic E-state index is 0.413. The van der Waals surface area contributed by atoms with Gasteiger partial charge in [0, 0.05) is 42.1 Å². The lowest BCUT2D eigenvalue weighted by atomic mass is 9.82. The van der Waals surface area contributed by atoms with Crippen molar-refractivity contribution in [2.75, 3.05) is 19.8 Å². The van der Waals surface area contributed by atoms with Crippen LogP contribution in [0.2, 0.25) is 0 Å². The Morgan fingerprint density at radius 2 is 1.57 bits per heavy atom. The summed E-state index contributed by atoms with van der Waals surface area (Å²) in [6.45, 7) is 4.23. The largest absolute Gasteiger partial charge is 0.357 e. The van der Waals surface area contributed by atoms with E-state index in [1.165, 1.54) is 33.3 Å². The number of nitrogens with one attached hydrogen (secondary N) is 1. The molecule has 2 atom stereocenters. The van der Waals surface area contributed by atoms with Gasteiger partial charge in [-0.15, -0.1) is 0 Å². The first kappa shape index (κ1) is 17.9. The third-order valence-corrected chi connectivity index (χ3v) is 6.88. The predicted octanol–water partition coefficient (Wildman–Crippen LogP) is 5.32. The van der Waals surface area contributed by atoms with E-state index in [4.69, 9.17) is 0 Å². The number of para-hydroxylation sites is 1. The lowest BCUT2D eigenvalue weighted by Gasteiger charge is -2.48. The van der Waals surface area contributed by atoms with Crippen molar-refractivity contribution in [2.24, 2.45) is 0 Å². The number of rotatable bonds is 3. The van der Waals surface area contributed by atoms with E-state index >= 15 is 0 Å². The van der Waals surface area contributed by atoms with Gasteiger partial charge < -0.3 is 4.98 Å². The quantitative estimate of drug-likeness (QED) is 0.509. The Balaban J connectivity index is 1.41. The molecule has 2 aliphatic heterocycles. The summed E-state index contributed by atoms with van der Waals surface area (Å²) >= 11 is 0. The highest BCUT2D eigenvalue weighted by Crippen LogP contribution is 2.45. The zero-order valence-corrected chi connectivity index (χ0v) is 17.2. The molecule has 0 unspecified atom stereocenters. The number of benzene rings is 3. The van der Waals surface area contributed by atoms with Crippen LogP contribution >= 0.6 is 0 Å². The van der Waals surface area contributed by atoms with Gasteiger partial charge in [-0.3, -0.25) is 9.80 Å². The second-order valence-corrected chi connectivity index (χ2v) is 8.73. The highest BCUT2D eigenvalue weighted by atomic mass is 15.4. The molecule has 1 fully saturated rings. The molecule has 3 heterocycles. The van der Waals surface area contributed by atoms with Crippen LogP contribution in [0.4, 0.5) is 0 Å². The van der Waals surface area contributed by atoms with Crippen LogP contribution in [0.3, 0.4) is 0 Å². The van der Waals surface area contributed by atoms with E-state index < -0.39 is 0 Å². The van der Waals surface area contributed by atoms with Crippen LogP contribution in [0.15, 0.2) is 84.9 Å². The Morgan fingerprint density at radius 1 is 0.833 bits per heavy atom. The zero-order chi connectivity index (χ0) is 19.9. The van der Waals surface area contributed by atoms with E-state index in [0.29, 0.717) is 12.0 Å². The molecule has 0 radical (unpaired) electrons. The summed E-state index contributed by atoms with van der Waals surface area (Å²) in [4.78, 5) is 9.14. The number of H-pyrrole nitrogens is 1. The van der Waals surface area contributed by atoms with Gasteiger partial charge in [0.05, 0.1) is 12.7 Å². The monoisotopic (exact) mass is 393 g/mol. The van der Waals surface area contributed by atoms with E-state index in [-0.39, 0.29) is 0 Å². The minimum absolute atomic E-state index is 0.413. The Kier molecular flexibility index (Phi) is 4.44. The highest BCUT2D eigenvalue weighted by molar-refractivity contribution is 5.85. The van der Waals surface area contributed by atoms with E-state index in [2.05, 4.69) is 99.7 Å². The number of aromatic amines is 1. The minimum Gasteiger partial charge on any atom is -0.357 e. The van der Waals surface area contributed by atoms with Crippen molar-refractivity contribution in [2.45, 2.75) is 24.9 Å². The van der Waals surface area contributed by atoms with Crippen LogP contribution in [0, 0.1) is 0 Å². The number of hydrogen-bond acceptors (Lipinski definition) is 2. The summed E-state index contributed by atoms with van der Waals surface area (Å²) in [5.41, 5.74) is 7.09. The molecule has 150 valence electrons. The molecule has 0 amide bonds. The maximum Gasteiger partial charge on any atom is 0.0594 e. The van der Waals surface area contributed by atoms with Gasteiger partial charge in [-0.25, -0.2) is 0 Å². The molecule has 6 rings (SSSR count). The predicted molar refractivity (Wildman–Crippen MR) is 122 cm³/mol. The highest BCUT2D eigenvalue weighted by Gasteiger charge is 2.41. The maximum absolute atomic E-state index is 3.82. The SMILES string of the molecule is c1ccc(CN2C[C@@H](c3ccccc3)[C@H]3c4[nH]c5ccccc5c4CCN3C2)cc1. The average Bonchev–Trinajstić information content (AvgIpc) is 3.18. The molecule has 3 aromatic carbocycles. The molecule has 2 aliphatic rings. The van der Waals surface area contributed by atoms with E-state index in [0.717, 1.165) is 32.7 Å². The van der Waals surface area contributed by atoms with Crippen LogP contribution in [0.1, 0.15) is 34.3 Å². The van der Waals surface area contributed by atoms with E-state index in [9.17, 15) is 0 Å². The Labute approximate surface area is 177 Å². The van der Waals surface area contributed by atoms with Crippen molar-refractivity contribution >= 4 is 10.9 Å². The third kappa shape index (κ3) is 3.06. The molecule has 0 saturated carbocycles. The Bertz CT molecular complexity index is 1150. The molecule has 1 saturated heterocycles. The van der Waals surface area contributed by atoms with E-state index in [1.807, 2.05) is 0 Å². The topological polar surface area (TPSA) is 22.3 Å². The smallest absolute Gasteiger partial charge is 0.0594 e. The number of fused-ring (bicyclic) bond motifs is 5. The van der Waals surface area contributed by atoms with Gasteiger partial charge in [-0.1, -0.05) is 78.9 Å². The van der Waals surface area contributed by atoms with Gasteiger partial charge in [-0.2, -0.15) is 0 Å². The van der Waals surface area contributed by atoms with Crippen molar-refractivity contribution in [1.82, 2.24) is 14.8 Å². The molecular formula is C27H27N3. The van der Waals surface area contributed by atoms with Crippen molar-refractivity contribution in [3.63, 3.8) is 0 Å². The molecule has 3 heteroatoms. The lowest BCUT2D eigenvalue weighted by Crippen LogP contribution is -2.52. The molecule has 4 aromatic rings. The first-order valence-electron chi connectivity index (χ1n) is 11.0. The second-order valence-electron chi connectivity index (χ2n) is 8.73. The summed E-state index contributed by atoms with van der Waals surface area (Å²) < 4.78 is 0. The zero-order valence-electron chi connectivity index (χ0n) is 17.2. The molecule has 3 nitrogen and oxygen atoms in total. The number of nitrogens with zero attached hydrogens (tertiary/aromatic N) is 2. The molecule has 0 aliphatic carbocycles. The molecule has 0 spiro atoms.